The first kappa shape index (κ1) is 39.9. The number of alkyl halides is 6. The molecule has 274 valence electrons. The van der Waals surface area contributed by atoms with Crippen LogP contribution in [0.25, 0.3) is 0 Å². The van der Waals surface area contributed by atoms with Crippen LogP contribution in [-0.4, -0.2) is 69.9 Å². The van der Waals surface area contributed by atoms with Crippen molar-refractivity contribution in [2.75, 3.05) is 13.2 Å². The number of aliphatic carboxylic acids is 1. The maximum atomic E-state index is 14.2. The highest BCUT2D eigenvalue weighted by atomic mass is 32.1. The third-order valence-corrected chi connectivity index (χ3v) is 8.51. The van der Waals surface area contributed by atoms with Crippen molar-refractivity contribution in [1.82, 2.24) is 10.2 Å². The molecular weight excluding hydrogens is 716 g/mol. The largest absolute Gasteiger partial charge is 0.490 e. The minimum absolute atomic E-state index is 0.0241. The Balaban J connectivity index is 0.000000908. The van der Waals surface area contributed by atoms with Crippen LogP contribution in [0, 0.1) is 15.5 Å². The van der Waals surface area contributed by atoms with E-state index < -0.39 is 59.1 Å². The zero-order chi connectivity index (χ0) is 38.3. The number of nitro benzene ring substituents is 1. The zero-order valence-electron chi connectivity index (χ0n) is 26.4. The summed E-state index contributed by atoms with van der Waals surface area (Å²) in [6, 6.07) is 9.88. The lowest BCUT2D eigenvalue weighted by atomic mass is 9.99. The number of nitrogen functional groups attached to an aromatic ring is 1. The summed E-state index contributed by atoms with van der Waals surface area (Å²) in [5.74, 6) is -5.04. The number of nitrogens with one attached hydrogen (secondary N) is 2. The van der Waals surface area contributed by atoms with E-state index in [9.17, 15) is 50.8 Å². The third-order valence-electron chi connectivity index (χ3n) is 7.22. The monoisotopic (exact) mass is 745 g/mol. The number of fused-ring (bicyclic) bond motifs is 1. The van der Waals surface area contributed by atoms with E-state index in [2.05, 4.69) is 5.32 Å². The number of non-ortho nitro benzene ring substituents is 1. The summed E-state index contributed by atoms with van der Waals surface area (Å²) in [5.41, 5.74) is 5.24. The number of nitro groups is 1. The van der Waals surface area contributed by atoms with Crippen molar-refractivity contribution in [3.63, 3.8) is 0 Å². The lowest BCUT2D eigenvalue weighted by molar-refractivity contribution is -0.384. The van der Waals surface area contributed by atoms with E-state index in [0.717, 1.165) is 11.3 Å². The Hall–Kier alpha value is -5.53. The van der Waals surface area contributed by atoms with Gasteiger partial charge in [-0.25, -0.2) is 4.79 Å². The van der Waals surface area contributed by atoms with Crippen LogP contribution in [0.4, 0.5) is 32.0 Å². The van der Waals surface area contributed by atoms with Crippen LogP contribution in [0.2, 0.25) is 0 Å². The van der Waals surface area contributed by atoms with Crippen LogP contribution in [0.5, 0.6) is 0 Å². The molecule has 4 rings (SSSR count). The van der Waals surface area contributed by atoms with Crippen LogP contribution in [0.1, 0.15) is 49.3 Å². The number of carboxylic acid groups (broad SMARTS) is 1. The molecule has 2 amide bonds. The molecule has 13 nitrogen and oxygen atoms in total. The number of nitrogens with two attached hydrogens (primary N) is 1. The molecule has 1 aliphatic rings. The number of carboxylic acids is 1. The van der Waals surface area contributed by atoms with E-state index in [4.69, 9.17) is 25.8 Å². The van der Waals surface area contributed by atoms with Gasteiger partial charge in [0.25, 0.3) is 11.6 Å². The Kier molecular flexibility index (Phi) is 12.9. The van der Waals surface area contributed by atoms with Gasteiger partial charge in [0.05, 0.1) is 23.5 Å². The van der Waals surface area contributed by atoms with E-state index in [1.54, 1.807) is 6.92 Å². The molecule has 0 unspecified atom stereocenters. The molecular formula is C31H29F6N5O8S. The second kappa shape index (κ2) is 16.5. The number of esters is 1. The smallest absolute Gasteiger partial charge is 0.475 e. The molecule has 1 aliphatic heterocycles. The number of hydrogen-bond acceptors (Lipinski definition) is 9. The molecule has 0 saturated carbocycles. The predicted octanol–water partition coefficient (Wildman–Crippen LogP) is 4.62. The molecule has 3 aromatic rings. The van der Waals surface area contributed by atoms with Crippen molar-refractivity contribution in [2.24, 2.45) is 5.73 Å². The lowest BCUT2D eigenvalue weighted by Gasteiger charge is -2.31. The molecule has 0 spiro atoms. The third kappa shape index (κ3) is 10.7. The Morgan fingerprint density at radius 2 is 1.63 bits per heavy atom. The number of amidine groups is 1. The Morgan fingerprint density at radius 3 is 2.12 bits per heavy atom. The first-order valence-corrected chi connectivity index (χ1v) is 15.5. The predicted molar refractivity (Wildman–Crippen MR) is 168 cm³/mol. The number of thiophene rings is 1. The fourth-order valence-electron chi connectivity index (χ4n) is 4.88. The van der Waals surface area contributed by atoms with Crippen molar-refractivity contribution in [1.29, 1.82) is 5.41 Å². The molecule has 1 aromatic heterocycles. The number of carbonyl (C=O) groups excluding carboxylic acids is 3. The van der Waals surface area contributed by atoms with Gasteiger partial charge in [-0.05, 0) is 36.6 Å². The minimum Gasteiger partial charge on any atom is -0.475 e. The van der Waals surface area contributed by atoms with Crippen LogP contribution in [-0.2, 0) is 51.1 Å². The molecule has 51 heavy (non-hydrogen) atoms. The Bertz CT molecular complexity index is 1790. The van der Waals surface area contributed by atoms with Gasteiger partial charge in [-0.15, -0.1) is 11.3 Å². The summed E-state index contributed by atoms with van der Waals surface area (Å²) in [7, 11) is 0. The molecule has 20 heteroatoms. The molecule has 0 aliphatic carbocycles. The maximum Gasteiger partial charge on any atom is 0.490 e. The summed E-state index contributed by atoms with van der Waals surface area (Å²) in [5, 5.41) is 28.4. The van der Waals surface area contributed by atoms with Crippen molar-refractivity contribution in [2.45, 2.75) is 51.1 Å². The Labute approximate surface area is 288 Å². The van der Waals surface area contributed by atoms with Crippen molar-refractivity contribution >= 4 is 46.6 Å². The number of hydrogen-bond donors (Lipinski definition) is 4. The normalized spacial score (nSPS) is 13.2. The second-order valence-corrected chi connectivity index (χ2v) is 11.9. The minimum atomic E-state index is -5.08. The molecule has 2 heterocycles. The fourth-order valence-corrected chi connectivity index (χ4v) is 6.19. The highest BCUT2D eigenvalue weighted by molar-refractivity contribution is 7.12. The highest BCUT2D eigenvalue weighted by Crippen LogP contribution is 2.43. The van der Waals surface area contributed by atoms with E-state index in [1.165, 1.54) is 53.4 Å². The molecule has 0 bridgehead atoms. The number of benzene rings is 2. The van der Waals surface area contributed by atoms with Gasteiger partial charge in [0.15, 0.2) is 0 Å². The first-order valence-electron chi connectivity index (χ1n) is 14.7. The van der Waals surface area contributed by atoms with Crippen molar-refractivity contribution in [3.05, 3.63) is 96.2 Å². The molecule has 0 radical (unpaired) electrons. The average Bonchev–Trinajstić information content (AvgIpc) is 3.41. The van der Waals surface area contributed by atoms with Gasteiger partial charge < -0.3 is 25.8 Å². The van der Waals surface area contributed by atoms with Crippen molar-refractivity contribution in [3.8, 4) is 0 Å². The fraction of sp³-hybridized carbons (Fsp3) is 0.323. The van der Waals surface area contributed by atoms with Gasteiger partial charge in [-0.3, -0.25) is 29.9 Å². The quantitative estimate of drug-likeness (QED) is 0.0570. The van der Waals surface area contributed by atoms with Gasteiger partial charge in [-0.2, -0.15) is 26.3 Å². The number of halogens is 6. The van der Waals surface area contributed by atoms with Gasteiger partial charge in [-0.1, -0.05) is 24.3 Å². The summed E-state index contributed by atoms with van der Waals surface area (Å²) in [4.78, 5) is 59.9. The highest BCUT2D eigenvalue weighted by Gasteiger charge is 2.42. The topological polar surface area (TPSA) is 206 Å². The van der Waals surface area contributed by atoms with Crippen molar-refractivity contribution < 1.29 is 60.3 Å². The molecule has 2 aromatic carbocycles. The second-order valence-electron chi connectivity index (χ2n) is 10.7. The van der Waals surface area contributed by atoms with Crippen LogP contribution >= 0.6 is 11.3 Å². The van der Waals surface area contributed by atoms with Gasteiger partial charge in [0.2, 0.25) is 5.91 Å². The summed E-state index contributed by atoms with van der Waals surface area (Å²) in [6.45, 7) is 1.26. The van der Waals surface area contributed by atoms with E-state index in [0.29, 0.717) is 16.0 Å². The summed E-state index contributed by atoms with van der Waals surface area (Å²) >= 11 is 0.875. The van der Waals surface area contributed by atoms with E-state index in [-0.39, 0.29) is 60.1 Å². The average molecular weight is 746 g/mol. The summed E-state index contributed by atoms with van der Waals surface area (Å²) in [6.07, 6.45) is -10.4. The number of carbonyl (C=O) groups is 4. The number of amides is 2. The first-order chi connectivity index (χ1) is 23.7. The maximum absolute atomic E-state index is 14.2. The van der Waals surface area contributed by atoms with Crippen LogP contribution in [0.15, 0.2) is 48.5 Å². The SMILES string of the molecule is CCOC(=O)Cc1sc2c(c1C(F)(F)F)CN(C(=O)[C@H](Cc1ccc([N+](=O)[O-])cc1)NC(=O)c1ccc(C(=N)N)cc1)CC2.O=C(O)C(F)(F)F. The van der Waals surface area contributed by atoms with Gasteiger partial charge >= 0.3 is 24.3 Å². The number of rotatable bonds is 10. The van der Waals surface area contributed by atoms with E-state index in [1.807, 2.05) is 0 Å². The van der Waals surface area contributed by atoms with Gasteiger partial charge in [0, 0.05) is 52.5 Å². The summed E-state index contributed by atoms with van der Waals surface area (Å²) < 4.78 is 79.3. The zero-order valence-corrected chi connectivity index (χ0v) is 27.2. The van der Waals surface area contributed by atoms with Gasteiger partial charge in [0.1, 0.15) is 11.9 Å². The lowest BCUT2D eigenvalue weighted by Crippen LogP contribution is -2.51. The van der Waals surface area contributed by atoms with E-state index >= 15 is 0 Å². The van der Waals surface area contributed by atoms with Crippen LogP contribution < -0.4 is 11.1 Å². The standard InChI is InChI=1S/C29H28F3N5O6S.C2HF3O2/c1-2-43-24(38)14-23-25(29(30,31)32)20-15-36(12-11-22(20)44-23)28(40)21(13-16-3-9-19(10-4-16)37(41)42)35-27(39)18-7-5-17(6-8-18)26(33)34;3-2(4,5)1(6)7/h3-10,21H,2,11-15H2,1H3,(H3,33,34)(H,35,39);(H,6,7)/t21-;/m0./s1. The molecule has 1 atom stereocenters. The Morgan fingerprint density at radius 1 is 1.06 bits per heavy atom. The molecule has 0 saturated heterocycles. The molecule has 0 fully saturated rings. The van der Waals surface area contributed by atoms with Crippen LogP contribution in [0.3, 0.4) is 0 Å². The molecule has 5 N–H and O–H groups in total. The number of nitrogens with zero attached hydrogens (tertiary/aromatic N) is 2. The number of ether oxygens (including phenoxy) is 1.